The van der Waals surface area contributed by atoms with Crippen LogP contribution < -0.4 is 38.4 Å². The van der Waals surface area contributed by atoms with Crippen LogP contribution >= 0.6 is 20.2 Å². The summed E-state index contributed by atoms with van der Waals surface area (Å²) in [5, 5.41) is 0.979. The maximum atomic E-state index is 13.4. The molecule has 0 saturated heterocycles. The van der Waals surface area contributed by atoms with Gasteiger partial charge in [-0.25, -0.2) is 0 Å². The number of halogens is 1. The van der Waals surface area contributed by atoms with Gasteiger partial charge >= 0.3 is 18.9 Å². The first-order chi connectivity index (χ1) is 16.7. The molecule has 0 radical (unpaired) electrons. The fourth-order valence-corrected chi connectivity index (χ4v) is 4.97. The molecule has 0 aliphatic heterocycles. The molecule has 2 rings (SSSR count). The second-order valence-electron chi connectivity index (χ2n) is 7.60. The smallest absolute Gasteiger partial charge is 1.00 e. The quantitative estimate of drug-likeness (QED) is 0.197. The van der Waals surface area contributed by atoms with Gasteiger partial charge in [-0.1, -0.05) is 23.7 Å². The van der Waals surface area contributed by atoms with Gasteiger partial charge in [0.25, 0.3) is 0 Å². The third kappa shape index (κ3) is 9.87. The van der Waals surface area contributed by atoms with Crippen molar-refractivity contribution in [1.82, 2.24) is 0 Å². The standard InChI is InChI=1S/C26H36ClO7P.Li.H/c1-8-29-17(5)32-20-14-22(33-18(6)30-9-2)25(23(15-20)34-19(7)31-10-3)35-26(28)24-16(4)12-11-13-21(24)27;;/h11-15,17-19,35H,8-10H2,1-7H3;;/q;+1;-1. The zero-order chi connectivity index (χ0) is 26.0. The Kier molecular flexibility index (Phi) is 15.0. The molecule has 4 unspecified atom stereocenters. The van der Waals surface area contributed by atoms with Crippen molar-refractivity contribution in [3.8, 4) is 17.2 Å². The molecule has 0 amide bonds. The van der Waals surface area contributed by atoms with E-state index >= 15 is 0 Å². The summed E-state index contributed by atoms with van der Waals surface area (Å²) in [6, 6.07) is 8.83. The van der Waals surface area contributed by atoms with E-state index in [2.05, 4.69) is 0 Å². The summed E-state index contributed by atoms with van der Waals surface area (Å²) in [7, 11) is -0.329. The second-order valence-corrected chi connectivity index (χ2v) is 9.21. The van der Waals surface area contributed by atoms with E-state index in [1.165, 1.54) is 0 Å². The number of hydrogen-bond donors (Lipinski definition) is 0. The number of aryl methyl sites for hydroxylation is 1. The first-order valence-electron chi connectivity index (χ1n) is 11.8. The van der Waals surface area contributed by atoms with Gasteiger partial charge in [-0.2, -0.15) is 0 Å². The van der Waals surface area contributed by atoms with Crippen molar-refractivity contribution >= 4 is 31.0 Å². The first kappa shape index (κ1) is 32.7. The van der Waals surface area contributed by atoms with E-state index in [1.54, 1.807) is 39.0 Å². The molecule has 0 bridgehead atoms. The molecule has 4 atom stereocenters. The van der Waals surface area contributed by atoms with Crippen LogP contribution in [0.5, 0.6) is 17.2 Å². The molecule has 0 fully saturated rings. The minimum absolute atomic E-state index is 0. The zero-order valence-corrected chi connectivity index (χ0v) is 24.2. The van der Waals surface area contributed by atoms with Gasteiger partial charge in [-0.15, -0.1) is 0 Å². The number of hydrogen-bond acceptors (Lipinski definition) is 7. The van der Waals surface area contributed by atoms with Gasteiger partial charge in [-0.05, 0) is 68.7 Å². The molecule has 0 spiro atoms. The van der Waals surface area contributed by atoms with Crippen molar-refractivity contribution in [2.45, 2.75) is 67.3 Å². The molecular formula is C26H37ClLiO7P. The third-order valence-corrected chi connectivity index (χ3v) is 6.35. The van der Waals surface area contributed by atoms with Crippen LogP contribution in [0.25, 0.3) is 0 Å². The maximum absolute atomic E-state index is 13.4. The van der Waals surface area contributed by atoms with Crippen LogP contribution in [0.4, 0.5) is 0 Å². The van der Waals surface area contributed by atoms with E-state index in [9.17, 15) is 4.79 Å². The van der Waals surface area contributed by atoms with Crippen LogP contribution in [0.2, 0.25) is 5.02 Å². The molecule has 0 aliphatic rings. The van der Waals surface area contributed by atoms with E-state index in [0.717, 1.165) is 5.56 Å². The van der Waals surface area contributed by atoms with Crippen molar-refractivity contribution in [3.05, 3.63) is 46.5 Å². The second kappa shape index (κ2) is 16.5. The van der Waals surface area contributed by atoms with E-state index < -0.39 is 18.9 Å². The van der Waals surface area contributed by atoms with E-state index in [-0.39, 0.29) is 34.4 Å². The Morgan fingerprint density at radius 2 is 1.36 bits per heavy atom. The van der Waals surface area contributed by atoms with Crippen LogP contribution in [0.3, 0.4) is 0 Å². The molecule has 0 saturated carbocycles. The van der Waals surface area contributed by atoms with Crippen molar-refractivity contribution in [2.75, 3.05) is 19.8 Å². The van der Waals surface area contributed by atoms with Crippen LogP contribution in [-0.2, 0) is 14.2 Å². The van der Waals surface area contributed by atoms with Crippen molar-refractivity contribution < 1.29 is 53.5 Å². The minimum Gasteiger partial charge on any atom is -1.00 e. The molecule has 7 nitrogen and oxygen atoms in total. The topological polar surface area (TPSA) is 72.5 Å². The van der Waals surface area contributed by atoms with Crippen LogP contribution in [-0.4, -0.2) is 44.2 Å². The van der Waals surface area contributed by atoms with Gasteiger partial charge in [-0.3, -0.25) is 4.79 Å². The molecule has 196 valence electrons. The van der Waals surface area contributed by atoms with E-state index in [1.807, 2.05) is 39.8 Å². The van der Waals surface area contributed by atoms with Gasteiger partial charge in [0.15, 0.2) is 24.4 Å². The summed E-state index contributed by atoms with van der Waals surface area (Å²) in [5.74, 6) is 1.31. The molecule has 10 heteroatoms. The third-order valence-electron chi connectivity index (χ3n) is 4.82. The zero-order valence-electron chi connectivity index (χ0n) is 23.5. The molecule has 2 aromatic carbocycles. The molecule has 0 N–H and O–H groups in total. The first-order valence-corrected chi connectivity index (χ1v) is 13.2. The molecule has 36 heavy (non-hydrogen) atoms. The minimum atomic E-state index is -0.558. The summed E-state index contributed by atoms with van der Waals surface area (Å²) in [5.41, 5.74) is 1.15. The number of rotatable bonds is 15. The Balaban J connectivity index is 0.00000648. The number of carbonyl (C=O) groups excluding carboxylic acids is 1. The summed E-state index contributed by atoms with van der Waals surface area (Å²) in [6.45, 7) is 14.3. The predicted octanol–water partition coefficient (Wildman–Crippen LogP) is 3.19. The van der Waals surface area contributed by atoms with Crippen molar-refractivity contribution in [3.63, 3.8) is 0 Å². The predicted molar refractivity (Wildman–Crippen MR) is 141 cm³/mol. The van der Waals surface area contributed by atoms with Crippen molar-refractivity contribution in [1.29, 1.82) is 0 Å². The van der Waals surface area contributed by atoms with Gasteiger partial charge < -0.3 is 29.8 Å². The Hall–Kier alpha value is -1.29. The summed E-state index contributed by atoms with van der Waals surface area (Å²) < 4.78 is 34.9. The van der Waals surface area contributed by atoms with Crippen LogP contribution in [0.1, 0.15) is 58.9 Å². The van der Waals surface area contributed by atoms with Crippen LogP contribution in [0.15, 0.2) is 30.3 Å². The average Bonchev–Trinajstić information content (AvgIpc) is 2.76. The number of ether oxygens (including phenoxy) is 6. The molecule has 2 aromatic rings. The van der Waals surface area contributed by atoms with Gasteiger partial charge in [0.05, 0.1) is 10.3 Å². The molecule has 0 aliphatic carbocycles. The SMILES string of the molecule is CCOC(C)Oc1cc(OC(C)OCC)c(PC(=O)c2c(C)cccc2Cl)c(OC(C)OCC)c1.[H-].[Li+]. The van der Waals surface area contributed by atoms with Gasteiger partial charge in [0.2, 0.25) is 0 Å². The Bertz CT molecular complexity index is 927. The monoisotopic (exact) mass is 534 g/mol. The summed E-state index contributed by atoms with van der Waals surface area (Å²) >= 11 is 6.38. The van der Waals surface area contributed by atoms with Gasteiger partial charge in [0, 0.05) is 37.5 Å². The maximum Gasteiger partial charge on any atom is 1.00 e. The number of benzene rings is 2. The van der Waals surface area contributed by atoms with Crippen molar-refractivity contribution in [2.24, 2.45) is 0 Å². The normalized spacial score (nSPS) is 13.7. The van der Waals surface area contributed by atoms with Crippen LogP contribution in [0, 0.1) is 6.92 Å². The Morgan fingerprint density at radius 1 is 0.889 bits per heavy atom. The summed E-state index contributed by atoms with van der Waals surface area (Å²) in [4.78, 5) is 13.4. The molecular weight excluding hydrogens is 498 g/mol. The molecule has 0 heterocycles. The van der Waals surface area contributed by atoms with Gasteiger partial charge in [0.1, 0.15) is 17.2 Å². The Labute approximate surface area is 234 Å². The fraction of sp³-hybridized carbons (Fsp3) is 0.500. The van der Waals surface area contributed by atoms with E-state index in [4.69, 9.17) is 40.0 Å². The number of carbonyl (C=O) groups is 1. The Morgan fingerprint density at radius 3 is 1.81 bits per heavy atom. The van der Waals surface area contributed by atoms with E-state index in [0.29, 0.717) is 53.0 Å². The largest absolute Gasteiger partial charge is 1.00 e. The fourth-order valence-electron chi connectivity index (χ4n) is 3.39. The molecule has 0 aromatic heterocycles. The average molecular weight is 535 g/mol. The summed E-state index contributed by atoms with van der Waals surface area (Å²) in [6.07, 6.45) is -1.61.